The summed E-state index contributed by atoms with van der Waals surface area (Å²) in [6, 6.07) is 5.62. The predicted octanol–water partition coefficient (Wildman–Crippen LogP) is 3.43. The lowest BCUT2D eigenvalue weighted by atomic mass is 10.1. The van der Waals surface area contributed by atoms with Crippen molar-refractivity contribution in [3.8, 4) is 5.69 Å². The standard InChI is InChI=1S/C22H21ClF3N7O3/c1-12-10-32(6-5-31(12)2)18-4-3-13(33-11-17(21(35)36)29-30-33)7-16(18)28-20(34)14-9-27-19(23)8-15(14)22(24,25)26/h3-4,7-9,11-12H,5-6,10H2,1-2H3,(H,28,34)(H,35,36). The second kappa shape index (κ2) is 9.74. The fraction of sp³-hybridized carbons (Fsp3) is 0.318. The van der Waals surface area contributed by atoms with E-state index in [-0.39, 0.29) is 17.4 Å². The van der Waals surface area contributed by atoms with Gasteiger partial charge in [-0.05, 0) is 38.2 Å². The van der Waals surface area contributed by atoms with E-state index in [0.717, 1.165) is 12.7 Å². The molecule has 14 heteroatoms. The Morgan fingerprint density at radius 3 is 2.61 bits per heavy atom. The third-order valence-electron chi connectivity index (χ3n) is 5.93. The van der Waals surface area contributed by atoms with Crippen molar-refractivity contribution in [1.82, 2.24) is 24.9 Å². The minimum Gasteiger partial charge on any atom is -0.476 e. The zero-order valence-electron chi connectivity index (χ0n) is 19.1. The summed E-state index contributed by atoms with van der Waals surface area (Å²) in [5.74, 6) is -2.30. The molecule has 10 nitrogen and oxygen atoms in total. The number of amides is 1. The van der Waals surface area contributed by atoms with Gasteiger partial charge >= 0.3 is 12.1 Å². The average Bonchev–Trinajstić information content (AvgIpc) is 3.31. The second-order valence-corrected chi connectivity index (χ2v) is 8.72. The maximum atomic E-state index is 13.6. The molecular formula is C22H21ClF3N7O3. The molecule has 1 aliphatic rings. The lowest BCUT2D eigenvalue weighted by Crippen LogP contribution is -2.50. The number of piperazine rings is 1. The van der Waals surface area contributed by atoms with Gasteiger partial charge in [0.1, 0.15) is 5.15 Å². The number of rotatable bonds is 5. The maximum Gasteiger partial charge on any atom is 0.417 e. The molecule has 1 atom stereocenters. The number of hydrogen-bond acceptors (Lipinski definition) is 7. The van der Waals surface area contributed by atoms with Gasteiger partial charge in [0.2, 0.25) is 0 Å². The average molecular weight is 524 g/mol. The van der Waals surface area contributed by atoms with Crippen LogP contribution in [0.15, 0.2) is 36.7 Å². The Hall–Kier alpha value is -3.71. The first-order valence-electron chi connectivity index (χ1n) is 10.7. The molecule has 3 aromatic rings. The highest BCUT2D eigenvalue weighted by Crippen LogP contribution is 2.35. The number of carbonyl (C=O) groups excluding carboxylic acids is 1. The number of carboxylic acids is 1. The zero-order chi connectivity index (χ0) is 26.2. The Kier molecular flexibility index (Phi) is 6.87. The molecule has 0 radical (unpaired) electrons. The molecule has 2 aromatic heterocycles. The van der Waals surface area contributed by atoms with Gasteiger partial charge in [-0.25, -0.2) is 14.5 Å². The quantitative estimate of drug-likeness (QED) is 0.489. The van der Waals surface area contributed by atoms with E-state index in [1.807, 2.05) is 18.9 Å². The smallest absolute Gasteiger partial charge is 0.417 e. The third kappa shape index (κ3) is 5.26. The van der Waals surface area contributed by atoms with Crippen LogP contribution in [0.3, 0.4) is 0 Å². The second-order valence-electron chi connectivity index (χ2n) is 8.34. The molecule has 190 valence electrons. The first-order chi connectivity index (χ1) is 16.9. The molecule has 1 saturated heterocycles. The predicted molar refractivity (Wildman–Crippen MR) is 125 cm³/mol. The van der Waals surface area contributed by atoms with Crippen molar-refractivity contribution in [1.29, 1.82) is 0 Å². The molecule has 1 unspecified atom stereocenters. The molecule has 0 aliphatic carbocycles. The lowest BCUT2D eigenvalue weighted by Gasteiger charge is -2.39. The van der Waals surface area contributed by atoms with Crippen LogP contribution in [-0.4, -0.2) is 74.6 Å². The molecule has 1 aliphatic heterocycles. The summed E-state index contributed by atoms with van der Waals surface area (Å²) in [6.07, 6.45) is -2.87. The van der Waals surface area contributed by atoms with Crippen LogP contribution in [0.25, 0.3) is 5.69 Å². The van der Waals surface area contributed by atoms with Gasteiger partial charge in [-0.2, -0.15) is 13.2 Å². The summed E-state index contributed by atoms with van der Waals surface area (Å²) in [6.45, 7) is 4.00. The number of nitrogens with one attached hydrogen (secondary N) is 1. The Balaban J connectivity index is 1.75. The molecule has 2 N–H and O–H groups in total. The summed E-state index contributed by atoms with van der Waals surface area (Å²) in [4.78, 5) is 32.1. The van der Waals surface area contributed by atoms with Crippen LogP contribution in [0, 0.1) is 0 Å². The molecule has 1 amide bonds. The number of nitrogens with zero attached hydrogens (tertiary/aromatic N) is 6. The summed E-state index contributed by atoms with van der Waals surface area (Å²) in [5, 5.41) is 18.7. The van der Waals surface area contributed by atoms with E-state index in [2.05, 4.69) is 25.5 Å². The zero-order valence-corrected chi connectivity index (χ0v) is 19.9. The van der Waals surface area contributed by atoms with E-state index in [1.54, 1.807) is 12.1 Å². The van der Waals surface area contributed by atoms with Crippen molar-refractivity contribution >= 4 is 34.9 Å². The van der Waals surface area contributed by atoms with Crippen molar-refractivity contribution in [2.75, 3.05) is 36.9 Å². The summed E-state index contributed by atoms with van der Waals surface area (Å²) < 4.78 is 41.9. The largest absolute Gasteiger partial charge is 0.476 e. The SMILES string of the molecule is CC1CN(c2ccc(-n3cc(C(=O)O)nn3)cc2NC(=O)c2cnc(Cl)cc2C(F)(F)F)CCN1C. The van der Waals surface area contributed by atoms with E-state index < -0.39 is 34.3 Å². The molecule has 0 spiro atoms. The van der Waals surface area contributed by atoms with Crippen LogP contribution >= 0.6 is 11.6 Å². The number of aromatic carboxylic acids is 1. The Morgan fingerprint density at radius 1 is 1.22 bits per heavy atom. The molecular weight excluding hydrogens is 503 g/mol. The van der Waals surface area contributed by atoms with Gasteiger partial charge in [-0.3, -0.25) is 4.79 Å². The third-order valence-corrected chi connectivity index (χ3v) is 6.13. The number of carbonyl (C=O) groups is 2. The Labute approximate surface area is 208 Å². The highest BCUT2D eigenvalue weighted by atomic mass is 35.5. The highest BCUT2D eigenvalue weighted by Gasteiger charge is 2.36. The number of alkyl halides is 3. The Morgan fingerprint density at radius 2 is 1.97 bits per heavy atom. The van der Waals surface area contributed by atoms with E-state index in [4.69, 9.17) is 16.7 Å². The van der Waals surface area contributed by atoms with Gasteiger partial charge in [-0.15, -0.1) is 5.10 Å². The molecule has 4 rings (SSSR count). The highest BCUT2D eigenvalue weighted by molar-refractivity contribution is 6.29. The molecule has 3 heterocycles. The van der Waals surface area contributed by atoms with Crippen molar-refractivity contribution in [3.05, 3.63) is 58.6 Å². The van der Waals surface area contributed by atoms with Crippen molar-refractivity contribution in [2.24, 2.45) is 0 Å². The topological polar surface area (TPSA) is 116 Å². The van der Waals surface area contributed by atoms with Crippen molar-refractivity contribution in [3.63, 3.8) is 0 Å². The van der Waals surface area contributed by atoms with Gasteiger partial charge in [-0.1, -0.05) is 16.8 Å². The van der Waals surface area contributed by atoms with Gasteiger partial charge in [0.05, 0.1) is 34.4 Å². The van der Waals surface area contributed by atoms with E-state index >= 15 is 0 Å². The summed E-state index contributed by atoms with van der Waals surface area (Å²) in [5.41, 5.74) is -1.05. The number of hydrogen-bond donors (Lipinski definition) is 2. The van der Waals surface area contributed by atoms with Crippen LogP contribution in [0.2, 0.25) is 5.15 Å². The minimum absolute atomic E-state index is 0.188. The molecule has 36 heavy (non-hydrogen) atoms. The lowest BCUT2D eigenvalue weighted by molar-refractivity contribution is -0.138. The normalized spacial score (nSPS) is 16.7. The summed E-state index contributed by atoms with van der Waals surface area (Å²) >= 11 is 5.64. The first kappa shape index (κ1) is 25.4. The van der Waals surface area contributed by atoms with Crippen LogP contribution in [0.4, 0.5) is 24.5 Å². The van der Waals surface area contributed by atoms with Crippen molar-refractivity contribution < 1.29 is 27.9 Å². The van der Waals surface area contributed by atoms with E-state index in [9.17, 15) is 22.8 Å². The molecule has 1 fully saturated rings. The molecule has 1 aromatic carbocycles. The Bertz CT molecular complexity index is 1310. The van der Waals surface area contributed by atoms with E-state index in [0.29, 0.717) is 30.5 Å². The van der Waals surface area contributed by atoms with Crippen LogP contribution in [-0.2, 0) is 6.18 Å². The van der Waals surface area contributed by atoms with Crippen LogP contribution in [0.5, 0.6) is 0 Å². The number of carboxylic acid groups (broad SMARTS) is 1. The fourth-order valence-electron chi connectivity index (χ4n) is 3.83. The first-order valence-corrected chi connectivity index (χ1v) is 11.1. The van der Waals surface area contributed by atoms with Gasteiger partial charge < -0.3 is 20.2 Å². The van der Waals surface area contributed by atoms with Gasteiger partial charge in [0.15, 0.2) is 5.69 Å². The van der Waals surface area contributed by atoms with Crippen molar-refractivity contribution in [2.45, 2.75) is 19.1 Å². The van der Waals surface area contributed by atoms with Gasteiger partial charge in [0.25, 0.3) is 5.91 Å². The fourth-order valence-corrected chi connectivity index (χ4v) is 3.99. The van der Waals surface area contributed by atoms with Crippen LogP contribution in [0.1, 0.15) is 33.3 Å². The molecule has 0 bridgehead atoms. The minimum atomic E-state index is -4.83. The number of aromatic nitrogens is 4. The van der Waals surface area contributed by atoms with E-state index in [1.165, 1.54) is 16.9 Å². The van der Waals surface area contributed by atoms with Crippen LogP contribution < -0.4 is 10.2 Å². The number of anilines is 2. The van der Waals surface area contributed by atoms with Gasteiger partial charge in [0, 0.05) is 31.9 Å². The number of pyridine rings is 1. The molecule has 0 saturated carbocycles. The number of halogens is 4. The number of likely N-dealkylation sites (N-methyl/N-ethyl adjacent to an activating group) is 1. The maximum absolute atomic E-state index is 13.6. The number of benzene rings is 1. The monoisotopic (exact) mass is 523 g/mol. The summed E-state index contributed by atoms with van der Waals surface area (Å²) in [7, 11) is 1.99.